The Morgan fingerprint density at radius 3 is 1.21 bits per heavy atom. The molecule has 0 aromatic rings. The van der Waals surface area contributed by atoms with Crippen molar-refractivity contribution in [2.45, 2.75) is 209 Å². The lowest BCUT2D eigenvalue weighted by molar-refractivity contribution is -0.148. The van der Waals surface area contributed by atoms with Gasteiger partial charge in [-0.3, -0.25) is 9.59 Å². The predicted molar refractivity (Wildman–Crippen MR) is 254 cm³/mol. The fourth-order valence-corrected chi connectivity index (χ4v) is 10.8. The maximum absolute atomic E-state index is 15.0. The molecule has 56 heavy (non-hydrogen) atoms. The van der Waals surface area contributed by atoms with Gasteiger partial charge >= 0.3 is 5.97 Å². The molecule has 0 aromatic heterocycles. The molecule has 0 fully saturated rings. The van der Waals surface area contributed by atoms with Crippen LogP contribution in [0.3, 0.4) is 0 Å². The van der Waals surface area contributed by atoms with Crippen LogP contribution in [0.5, 0.6) is 0 Å². The molecule has 7 nitrogen and oxygen atoms in total. The van der Waals surface area contributed by atoms with Gasteiger partial charge in [0, 0.05) is 35.7 Å². The van der Waals surface area contributed by atoms with Gasteiger partial charge in [0.25, 0.3) is 0 Å². The van der Waals surface area contributed by atoms with Gasteiger partial charge in [-0.15, -0.1) is 0 Å². The summed E-state index contributed by atoms with van der Waals surface area (Å²) in [5, 5.41) is -0.269. The molecule has 0 heterocycles. The van der Waals surface area contributed by atoms with Gasteiger partial charge in [0.2, 0.25) is 0 Å². The summed E-state index contributed by atoms with van der Waals surface area (Å²) in [5.74, 6) is -2.63. The molecule has 0 saturated heterocycles. The van der Waals surface area contributed by atoms with Crippen molar-refractivity contribution in [2.75, 3.05) is 0 Å². The Kier molecular flexibility index (Phi) is 20.7. The molecule has 0 aliphatic heterocycles. The van der Waals surface area contributed by atoms with E-state index in [9.17, 15) is 14.4 Å². The highest BCUT2D eigenvalue weighted by atomic mass is 127. The quantitative estimate of drug-likeness (QED) is 0.0520. The lowest BCUT2D eigenvalue weighted by Gasteiger charge is -2.45. The van der Waals surface area contributed by atoms with Gasteiger partial charge in [-0.05, 0) is 91.6 Å². The van der Waals surface area contributed by atoms with E-state index in [1.807, 2.05) is 65.5 Å². The first-order chi connectivity index (χ1) is 24.8. The van der Waals surface area contributed by atoms with Gasteiger partial charge in [0.1, 0.15) is 17.2 Å². The molecular weight excluding hydrogens is 864 g/mol. The predicted octanol–water partition coefficient (Wildman–Crippen LogP) is 13.3. The van der Waals surface area contributed by atoms with Gasteiger partial charge in [0.05, 0.1) is 18.3 Å². The largest absolute Gasteiger partial charge is 0.457 e. The number of carbonyl (C=O) groups is 3. The van der Waals surface area contributed by atoms with E-state index in [4.69, 9.17) is 18.0 Å². The van der Waals surface area contributed by atoms with E-state index in [1.54, 1.807) is 0 Å². The van der Waals surface area contributed by atoms with E-state index in [1.165, 1.54) is 6.08 Å². The van der Waals surface area contributed by atoms with Crippen LogP contribution in [0.2, 0.25) is 54.4 Å². The number of allylic oxidation sites excluding steroid dienone is 1. The van der Waals surface area contributed by atoms with Crippen molar-refractivity contribution < 1.29 is 32.4 Å². The lowest BCUT2D eigenvalue weighted by atomic mass is 9.77. The third kappa shape index (κ3) is 16.2. The first-order valence-corrected chi connectivity index (χ1v) is 31.0. The molecule has 0 spiro atoms. The van der Waals surface area contributed by atoms with Crippen molar-refractivity contribution in [3.05, 3.63) is 22.3 Å². The van der Waals surface area contributed by atoms with Crippen molar-refractivity contribution in [3.63, 3.8) is 0 Å². The second-order valence-corrected chi connectivity index (χ2v) is 37.3. The lowest BCUT2D eigenvalue weighted by Crippen LogP contribution is -2.54. The number of hydrogen-bond acceptors (Lipinski definition) is 7. The molecule has 0 bridgehead atoms. The number of esters is 1. The molecular formula is C45H87IO7Si3. The number of ketones is 2. The molecule has 0 N–H and O–H groups in total. The van der Waals surface area contributed by atoms with Crippen LogP contribution in [-0.2, 0) is 32.4 Å². The summed E-state index contributed by atoms with van der Waals surface area (Å²) in [4.78, 5) is 42.7. The fourth-order valence-electron chi connectivity index (χ4n) is 6.12. The van der Waals surface area contributed by atoms with Gasteiger partial charge in [-0.1, -0.05) is 139 Å². The summed E-state index contributed by atoms with van der Waals surface area (Å²) >= 11 is 2.25. The minimum atomic E-state index is -2.47. The summed E-state index contributed by atoms with van der Waals surface area (Å²) in [5.41, 5.74) is -0.619. The molecule has 0 saturated carbocycles. The van der Waals surface area contributed by atoms with E-state index >= 15 is 0 Å². The summed E-state index contributed by atoms with van der Waals surface area (Å²) < 4.78 is 29.0. The van der Waals surface area contributed by atoms with Crippen LogP contribution in [0.1, 0.15) is 131 Å². The van der Waals surface area contributed by atoms with E-state index in [0.717, 1.165) is 6.42 Å². The number of hydrogen-bond donors (Lipinski definition) is 0. The van der Waals surface area contributed by atoms with Crippen molar-refractivity contribution in [1.29, 1.82) is 0 Å². The Morgan fingerprint density at radius 1 is 0.554 bits per heavy atom. The SMILES string of the molecule is C[C@H](C(=O)[C@@H](C)[C@@H](O[Si](C)(C)C(C)(C)C)[C@H](C)C/C=C/I)C(O[Si](C)(C)C(C)(C)C)[C@@H](C)C(=O)[C@@H](C)[C@H](O[Si](C)(C)C(C)(C)C)[C@@H](C)/C=C/C(=O)OC(C)(C)C. The number of Topliss-reactive ketones (excluding diaryl/α,β-unsaturated/α-hetero) is 2. The second-order valence-electron chi connectivity index (χ2n) is 22.3. The molecule has 0 radical (unpaired) electrons. The monoisotopic (exact) mass is 950 g/mol. The van der Waals surface area contributed by atoms with Crippen LogP contribution in [-0.4, -0.2) is 66.4 Å². The van der Waals surface area contributed by atoms with Crippen LogP contribution < -0.4 is 0 Å². The van der Waals surface area contributed by atoms with Crippen LogP contribution in [0, 0.1) is 35.5 Å². The Labute approximate surface area is 362 Å². The molecule has 0 amide bonds. The smallest absolute Gasteiger partial charge is 0.330 e. The summed E-state index contributed by atoms with van der Waals surface area (Å²) in [6.07, 6.45) is 4.80. The highest BCUT2D eigenvalue weighted by Crippen LogP contribution is 2.44. The van der Waals surface area contributed by atoms with Crippen molar-refractivity contribution in [2.24, 2.45) is 35.5 Å². The number of carbonyl (C=O) groups excluding carboxylic acids is 3. The van der Waals surface area contributed by atoms with Gasteiger partial charge in [-0.2, -0.15) is 0 Å². The maximum Gasteiger partial charge on any atom is 0.330 e. The van der Waals surface area contributed by atoms with E-state index < -0.39 is 72.4 Å². The second kappa shape index (κ2) is 20.9. The molecule has 328 valence electrons. The van der Waals surface area contributed by atoms with Gasteiger partial charge in [-0.25, -0.2) is 4.79 Å². The summed E-state index contributed by atoms with van der Waals surface area (Å²) in [6, 6.07) is 0. The highest BCUT2D eigenvalue weighted by molar-refractivity contribution is 14.1. The number of rotatable bonds is 20. The maximum atomic E-state index is 15.0. The van der Waals surface area contributed by atoms with E-state index in [0.29, 0.717) is 0 Å². The Morgan fingerprint density at radius 2 is 0.875 bits per heavy atom. The molecule has 0 aliphatic rings. The Balaban J connectivity index is 7.26. The molecule has 0 rings (SSSR count). The molecule has 11 heteroatoms. The third-order valence-electron chi connectivity index (χ3n) is 13.1. The zero-order valence-electron chi connectivity index (χ0n) is 40.4. The topological polar surface area (TPSA) is 88.1 Å². The summed E-state index contributed by atoms with van der Waals surface area (Å²) in [6.45, 7) is 50.6. The van der Waals surface area contributed by atoms with Crippen LogP contribution in [0.25, 0.3) is 0 Å². The molecule has 0 aromatic carbocycles. The van der Waals surface area contributed by atoms with E-state index in [2.05, 4.69) is 137 Å². The van der Waals surface area contributed by atoms with Crippen molar-refractivity contribution >= 4 is 65.1 Å². The molecule has 0 aliphatic carbocycles. The average molecular weight is 951 g/mol. The van der Waals surface area contributed by atoms with E-state index in [-0.39, 0.29) is 44.6 Å². The number of halogens is 1. The zero-order chi connectivity index (χ0) is 44.8. The van der Waals surface area contributed by atoms with Gasteiger partial charge in [0.15, 0.2) is 25.0 Å². The fraction of sp³-hybridized carbons (Fsp3) is 0.844. The van der Waals surface area contributed by atoms with Crippen LogP contribution in [0.4, 0.5) is 0 Å². The van der Waals surface area contributed by atoms with Gasteiger partial charge < -0.3 is 18.0 Å². The van der Waals surface area contributed by atoms with Crippen LogP contribution >= 0.6 is 22.6 Å². The summed E-state index contributed by atoms with van der Waals surface area (Å²) in [7, 11) is -7.09. The van der Waals surface area contributed by atoms with Crippen LogP contribution in [0.15, 0.2) is 22.3 Å². The zero-order valence-corrected chi connectivity index (χ0v) is 45.6. The van der Waals surface area contributed by atoms with Crippen molar-refractivity contribution in [1.82, 2.24) is 0 Å². The minimum Gasteiger partial charge on any atom is -0.457 e. The molecule has 9 atom stereocenters. The number of ether oxygens (including phenoxy) is 1. The highest BCUT2D eigenvalue weighted by Gasteiger charge is 2.49. The standard InChI is InChI=1S/C45H87IO7Si3/c1-30(26-25-29-46)39(51-54(19,20)43(10,11)12)32(3)37(48)34(5)41(53-56(23,24)45(16,17)18)35(6)38(49)33(4)40(52-55(21,22)44(13,14)15)31(2)27-28-36(47)50-42(7,8)9/h25,27-35,39-41H,26H2,1-24H3/b28-27+,29-25+/t30-,31+,32-,33-,34-,35+,39+,40-,41?/m1/s1. The Bertz CT molecular complexity index is 1340. The first-order valence-electron chi connectivity index (χ1n) is 21.0. The third-order valence-corrected chi connectivity index (χ3v) is 27.0. The average Bonchev–Trinajstić information content (AvgIpc) is 3.01. The Hall–Kier alpha value is -0.449. The minimum absolute atomic E-state index is 0.00290. The first kappa shape index (κ1) is 55.6. The van der Waals surface area contributed by atoms with Crippen molar-refractivity contribution in [3.8, 4) is 0 Å². The normalized spacial score (nSPS) is 19.2. The molecule has 1 unspecified atom stereocenters.